The highest BCUT2D eigenvalue weighted by molar-refractivity contribution is 5.79. The van der Waals surface area contributed by atoms with E-state index in [1.807, 2.05) is 55.0 Å². The van der Waals surface area contributed by atoms with Gasteiger partial charge in [0.2, 0.25) is 12.3 Å². The Kier molecular flexibility index (Phi) is 15.5. The van der Waals surface area contributed by atoms with Gasteiger partial charge in [0.15, 0.2) is 0 Å². The van der Waals surface area contributed by atoms with Crippen molar-refractivity contribution < 1.29 is 30.0 Å². The first-order valence-corrected chi connectivity index (χ1v) is 15.3. The summed E-state index contributed by atoms with van der Waals surface area (Å²) in [4.78, 5) is 39.4. The topological polar surface area (TPSA) is 172 Å². The van der Waals surface area contributed by atoms with Crippen LogP contribution in [-0.2, 0) is 35.6 Å². The summed E-state index contributed by atoms with van der Waals surface area (Å²) in [6.45, 7) is 3.91. The molecule has 0 aliphatic carbocycles. The van der Waals surface area contributed by atoms with E-state index < -0.39 is 18.3 Å². The molecule has 1 aromatic carbocycles. The fraction of sp³-hybridized carbons (Fsp3) is 0.343. The van der Waals surface area contributed by atoms with Gasteiger partial charge < -0.3 is 30.6 Å². The molecule has 0 aliphatic rings. The predicted molar refractivity (Wildman–Crippen MR) is 178 cm³/mol. The van der Waals surface area contributed by atoms with Crippen LogP contribution in [0, 0.1) is 6.92 Å². The van der Waals surface area contributed by atoms with Gasteiger partial charge in [-0.1, -0.05) is 30.3 Å². The number of likely N-dealkylation sites (N-methyl/N-ethyl adjacent to an activating group) is 1. The van der Waals surface area contributed by atoms with E-state index >= 15 is 0 Å². The van der Waals surface area contributed by atoms with E-state index in [2.05, 4.69) is 44.2 Å². The van der Waals surface area contributed by atoms with E-state index in [1.54, 1.807) is 24.3 Å². The lowest BCUT2D eigenvalue weighted by Gasteiger charge is -2.26. The van der Waals surface area contributed by atoms with Crippen molar-refractivity contribution in [3.63, 3.8) is 0 Å². The summed E-state index contributed by atoms with van der Waals surface area (Å²) >= 11 is 0. The van der Waals surface area contributed by atoms with Gasteiger partial charge in [0, 0.05) is 64.1 Å². The molecule has 3 aromatic heterocycles. The summed E-state index contributed by atoms with van der Waals surface area (Å²) in [5, 5.41) is 40.3. The quantitative estimate of drug-likeness (QED) is 0.114. The number of benzene rings is 1. The van der Waals surface area contributed by atoms with Crippen LogP contribution in [0.25, 0.3) is 0 Å². The predicted octanol–water partition coefficient (Wildman–Crippen LogP) is 2.10. The van der Waals surface area contributed by atoms with Crippen LogP contribution in [-0.4, -0.2) is 96.0 Å². The minimum Gasteiger partial charge on any atom is -0.396 e. The highest BCUT2D eigenvalue weighted by atomic mass is 16.4. The Morgan fingerprint density at radius 1 is 0.830 bits per heavy atom. The van der Waals surface area contributed by atoms with Crippen molar-refractivity contribution in [1.82, 2.24) is 24.8 Å². The molecule has 12 heteroatoms. The van der Waals surface area contributed by atoms with Crippen molar-refractivity contribution in [2.24, 2.45) is 0 Å². The van der Waals surface area contributed by atoms with E-state index in [0.717, 1.165) is 42.3 Å². The zero-order chi connectivity index (χ0) is 34.0. The number of carbonyl (C=O) groups is 2. The third kappa shape index (κ3) is 13.3. The van der Waals surface area contributed by atoms with E-state index in [1.165, 1.54) is 17.5 Å². The summed E-state index contributed by atoms with van der Waals surface area (Å²) in [5.74, 6) is -0.269. The molecular formula is C35H44N6O6. The fourth-order valence-corrected chi connectivity index (χ4v) is 4.58. The number of nitrogens with one attached hydrogen (secondary N) is 1. The van der Waals surface area contributed by atoms with Crippen molar-refractivity contribution in [2.45, 2.75) is 57.7 Å². The number of aryl methyl sites for hydroxylation is 1. The van der Waals surface area contributed by atoms with E-state index in [4.69, 9.17) is 5.11 Å². The lowest BCUT2D eigenvalue weighted by atomic mass is 10.0. The van der Waals surface area contributed by atoms with Crippen molar-refractivity contribution in [1.29, 1.82) is 0 Å². The molecule has 0 fully saturated rings. The van der Waals surface area contributed by atoms with Gasteiger partial charge in [0.05, 0.1) is 35.7 Å². The molecule has 0 unspecified atom stereocenters. The van der Waals surface area contributed by atoms with Crippen LogP contribution in [0.3, 0.4) is 0 Å². The molecule has 0 aliphatic heterocycles. The average Bonchev–Trinajstić information content (AvgIpc) is 3.07. The van der Waals surface area contributed by atoms with Crippen molar-refractivity contribution in [3.8, 4) is 0 Å². The maximum Gasteiger partial charge on any atom is 0.226 e. The monoisotopic (exact) mass is 644 g/mol. The van der Waals surface area contributed by atoms with Crippen molar-refractivity contribution in [3.05, 3.63) is 120 Å². The van der Waals surface area contributed by atoms with Gasteiger partial charge in [-0.2, -0.15) is 0 Å². The number of carbonyl (C=O) groups excluding carboxylic acids is 2. The average molecular weight is 645 g/mol. The number of anilines is 1. The summed E-state index contributed by atoms with van der Waals surface area (Å²) in [7, 11) is 1.49. The Labute approximate surface area is 275 Å². The minimum atomic E-state index is -1.44. The van der Waals surface area contributed by atoms with Gasteiger partial charge in [-0.25, -0.2) is 0 Å². The van der Waals surface area contributed by atoms with Crippen LogP contribution in [0.2, 0.25) is 0 Å². The van der Waals surface area contributed by atoms with Gasteiger partial charge >= 0.3 is 0 Å². The number of aliphatic hydroxyl groups is 4. The molecule has 12 nitrogen and oxygen atoms in total. The second-order valence-corrected chi connectivity index (χ2v) is 11.2. The fourth-order valence-electron chi connectivity index (χ4n) is 4.58. The SMILES string of the molecule is CN(C[C@H](O)[C@@H](O)[C@H](O)CCO)C(=O)Cc1ccc(NC=O)cc1.Cc1ccc(CN(Cc2ccccn2)Cc2ccccn2)nc1. The number of hydrogen-bond donors (Lipinski definition) is 5. The summed E-state index contributed by atoms with van der Waals surface area (Å²) < 4.78 is 0. The second kappa shape index (κ2) is 19.8. The normalized spacial score (nSPS) is 12.7. The zero-order valence-electron chi connectivity index (χ0n) is 26.8. The number of nitrogens with zero attached hydrogens (tertiary/aromatic N) is 5. The third-order valence-corrected chi connectivity index (χ3v) is 7.22. The van der Waals surface area contributed by atoms with Gasteiger partial charge in [0.25, 0.3) is 0 Å². The molecule has 47 heavy (non-hydrogen) atoms. The largest absolute Gasteiger partial charge is 0.396 e. The molecule has 0 saturated carbocycles. The number of rotatable bonds is 16. The summed E-state index contributed by atoms with van der Waals surface area (Å²) in [6.07, 6.45) is 2.15. The molecule has 250 valence electrons. The molecule has 4 rings (SSSR count). The van der Waals surface area contributed by atoms with Crippen molar-refractivity contribution >= 4 is 18.0 Å². The van der Waals surface area contributed by atoms with Crippen LogP contribution < -0.4 is 5.32 Å². The lowest BCUT2D eigenvalue weighted by molar-refractivity contribution is -0.133. The molecule has 0 saturated heterocycles. The van der Waals surface area contributed by atoms with E-state index in [0.29, 0.717) is 12.1 Å². The van der Waals surface area contributed by atoms with Crippen molar-refractivity contribution in [2.75, 3.05) is 25.5 Å². The number of aliphatic hydroxyl groups excluding tert-OH is 4. The molecule has 3 atom stereocenters. The van der Waals surface area contributed by atoms with E-state index in [-0.39, 0.29) is 31.9 Å². The smallest absolute Gasteiger partial charge is 0.226 e. The molecule has 4 aromatic rings. The molecule has 2 amide bonds. The Bertz CT molecular complexity index is 1420. The van der Waals surface area contributed by atoms with Crippen LogP contribution >= 0.6 is 0 Å². The van der Waals surface area contributed by atoms with Crippen LogP contribution in [0.5, 0.6) is 0 Å². The van der Waals surface area contributed by atoms with Gasteiger partial charge in [-0.3, -0.25) is 29.4 Å². The number of pyridine rings is 3. The first-order valence-electron chi connectivity index (χ1n) is 15.3. The number of hydrogen-bond acceptors (Lipinski definition) is 10. The van der Waals surface area contributed by atoms with Gasteiger partial charge in [-0.15, -0.1) is 0 Å². The molecule has 0 spiro atoms. The Morgan fingerprint density at radius 3 is 1.91 bits per heavy atom. The molecule has 3 heterocycles. The van der Waals surface area contributed by atoms with Gasteiger partial charge in [-0.05, 0) is 66.9 Å². The maximum atomic E-state index is 12.1. The lowest BCUT2D eigenvalue weighted by Crippen LogP contribution is -2.45. The maximum absolute atomic E-state index is 12.1. The Hall–Kier alpha value is -4.59. The highest BCUT2D eigenvalue weighted by Crippen LogP contribution is 2.13. The van der Waals surface area contributed by atoms with Crippen LogP contribution in [0.1, 0.15) is 34.6 Å². The Balaban J connectivity index is 0.000000255. The Morgan fingerprint density at radius 2 is 1.43 bits per heavy atom. The number of amides is 2. The van der Waals surface area contributed by atoms with Crippen LogP contribution in [0.4, 0.5) is 5.69 Å². The third-order valence-electron chi connectivity index (χ3n) is 7.22. The molecular weight excluding hydrogens is 600 g/mol. The molecule has 0 bridgehead atoms. The first-order chi connectivity index (χ1) is 22.7. The first kappa shape index (κ1) is 36.9. The van der Waals surface area contributed by atoms with E-state index in [9.17, 15) is 24.9 Å². The highest BCUT2D eigenvalue weighted by Gasteiger charge is 2.26. The molecule has 0 radical (unpaired) electrons. The van der Waals surface area contributed by atoms with Gasteiger partial charge in [0.1, 0.15) is 6.10 Å². The standard InChI is InChI=1S/C19H20N4.C16H24N2O6/c1-16-8-9-19(22-12-16)15-23(13-17-6-2-4-10-20-17)14-18-7-3-5-11-21-18;1-18(9-14(22)16(24)13(21)6-7-19)15(23)8-11-2-4-12(5-3-11)17-10-20/h2-12H,13-15H2,1H3;2-5,10,13-14,16,19,21-22,24H,6-9H2,1H3,(H,17,20)/t;13-,14+,16+/m.1/s1. The number of aromatic nitrogens is 3. The zero-order valence-corrected chi connectivity index (χ0v) is 26.8. The summed E-state index contributed by atoms with van der Waals surface area (Å²) in [5.41, 5.74) is 5.69. The van der Waals surface area contributed by atoms with Crippen LogP contribution in [0.15, 0.2) is 91.4 Å². The second-order valence-electron chi connectivity index (χ2n) is 11.2. The summed E-state index contributed by atoms with van der Waals surface area (Å²) in [6, 6.07) is 22.9. The minimum absolute atomic E-state index is 0.0585. The molecule has 5 N–H and O–H groups in total.